The number of carbonyl (C=O) groups excluding carboxylic acids is 2. The average molecular weight is 471 g/mol. The van der Waals surface area contributed by atoms with E-state index in [-0.39, 0.29) is 17.8 Å². The zero-order valence-corrected chi connectivity index (χ0v) is 18.2. The van der Waals surface area contributed by atoms with Gasteiger partial charge in [-0.1, -0.05) is 59.6 Å². The fourth-order valence-electron chi connectivity index (χ4n) is 3.14. The number of nitrogens with one attached hydrogen (secondary N) is 1. The van der Waals surface area contributed by atoms with Crippen molar-refractivity contribution >= 4 is 41.2 Å². The number of rotatable bonds is 6. The molecule has 0 aliphatic carbocycles. The van der Waals surface area contributed by atoms with Crippen molar-refractivity contribution in [1.82, 2.24) is 10.2 Å². The molecule has 1 aliphatic rings. The molecule has 3 aromatic rings. The van der Waals surface area contributed by atoms with E-state index in [1.165, 1.54) is 12.1 Å². The van der Waals surface area contributed by atoms with Gasteiger partial charge in [-0.15, -0.1) is 0 Å². The summed E-state index contributed by atoms with van der Waals surface area (Å²) < 4.78 is 19.6. The van der Waals surface area contributed by atoms with Crippen LogP contribution in [-0.4, -0.2) is 16.8 Å². The first-order valence-electron chi connectivity index (χ1n) is 9.65. The largest absolute Gasteiger partial charge is 0.489 e. The van der Waals surface area contributed by atoms with Crippen LogP contribution in [0.4, 0.5) is 9.18 Å². The molecule has 0 saturated carbocycles. The summed E-state index contributed by atoms with van der Waals surface area (Å²) in [4.78, 5) is 25.8. The Labute approximate surface area is 194 Å². The molecule has 5 nitrogen and oxygen atoms in total. The Bertz CT molecular complexity index is 1210. The minimum Gasteiger partial charge on any atom is -0.489 e. The molecule has 0 spiro atoms. The van der Waals surface area contributed by atoms with Crippen LogP contribution in [0.5, 0.6) is 5.75 Å². The quantitative estimate of drug-likeness (QED) is 0.365. The van der Waals surface area contributed by atoms with E-state index in [0.717, 1.165) is 10.5 Å². The normalized spacial score (nSPS) is 14.7. The molecule has 4 rings (SSSR count). The fraction of sp³-hybridized carbons (Fsp3) is 0.0833. The zero-order valence-electron chi connectivity index (χ0n) is 16.6. The topological polar surface area (TPSA) is 58.6 Å². The van der Waals surface area contributed by atoms with Crippen LogP contribution in [-0.2, 0) is 17.9 Å². The van der Waals surface area contributed by atoms with Gasteiger partial charge in [-0.3, -0.25) is 9.69 Å². The van der Waals surface area contributed by atoms with Crippen LogP contribution in [0.1, 0.15) is 16.7 Å². The third kappa shape index (κ3) is 4.93. The summed E-state index contributed by atoms with van der Waals surface area (Å²) in [6.45, 7) is 0.174. The van der Waals surface area contributed by atoms with Crippen LogP contribution in [0.15, 0.2) is 72.4 Å². The summed E-state index contributed by atoms with van der Waals surface area (Å²) in [5.74, 6) is -0.360. The smallest absolute Gasteiger partial charge is 0.329 e. The van der Waals surface area contributed by atoms with Crippen molar-refractivity contribution in [2.45, 2.75) is 13.2 Å². The maximum atomic E-state index is 13.9. The van der Waals surface area contributed by atoms with Crippen LogP contribution in [0, 0.1) is 5.82 Å². The highest BCUT2D eigenvalue weighted by Gasteiger charge is 2.33. The molecule has 1 fully saturated rings. The minimum atomic E-state index is -0.592. The highest BCUT2D eigenvalue weighted by molar-refractivity contribution is 6.42. The first-order chi connectivity index (χ1) is 15.4. The van der Waals surface area contributed by atoms with Crippen LogP contribution in [0.2, 0.25) is 10.0 Å². The molecule has 0 bridgehead atoms. The number of carbonyl (C=O) groups is 2. The van der Waals surface area contributed by atoms with Crippen molar-refractivity contribution in [2.24, 2.45) is 0 Å². The number of ether oxygens (including phenoxy) is 1. The lowest BCUT2D eigenvalue weighted by molar-refractivity contribution is -0.123. The highest BCUT2D eigenvalue weighted by atomic mass is 35.5. The average Bonchev–Trinajstić information content (AvgIpc) is 3.04. The molecule has 1 heterocycles. The first kappa shape index (κ1) is 21.9. The lowest BCUT2D eigenvalue weighted by atomic mass is 10.1. The summed E-state index contributed by atoms with van der Waals surface area (Å²) in [6, 6.07) is 17.7. The first-order valence-corrected chi connectivity index (χ1v) is 10.4. The van der Waals surface area contributed by atoms with Crippen LogP contribution < -0.4 is 10.1 Å². The van der Waals surface area contributed by atoms with Gasteiger partial charge >= 0.3 is 6.03 Å². The van der Waals surface area contributed by atoms with Gasteiger partial charge in [0, 0.05) is 5.56 Å². The van der Waals surface area contributed by atoms with Crippen LogP contribution in [0.25, 0.3) is 6.08 Å². The molecule has 1 saturated heterocycles. The molecule has 3 aromatic carbocycles. The Morgan fingerprint density at radius 2 is 1.72 bits per heavy atom. The summed E-state index contributed by atoms with van der Waals surface area (Å²) in [6.07, 6.45) is 1.56. The lowest BCUT2D eigenvalue weighted by Gasteiger charge is -2.12. The van der Waals surface area contributed by atoms with Crippen LogP contribution in [0.3, 0.4) is 0 Å². The van der Waals surface area contributed by atoms with Crippen molar-refractivity contribution in [1.29, 1.82) is 0 Å². The van der Waals surface area contributed by atoms with Crippen molar-refractivity contribution < 1.29 is 18.7 Å². The van der Waals surface area contributed by atoms with Gasteiger partial charge in [-0.25, -0.2) is 9.18 Å². The molecule has 8 heteroatoms. The van der Waals surface area contributed by atoms with Gasteiger partial charge in [0.1, 0.15) is 23.9 Å². The Balaban J connectivity index is 1.41. The minimum absolute atomic E-state index is 0.121. The van der Waals surface area contributed by atoms with Crippen molar-refractivity contribution in [2.75, 3.05) is 0 Å². The molecule has 3 amide bonds. The fourth-order valence-corrected chi connectivity index (χ4v) is 3.46. The Hall–Kier alpha value is -3.35. The van der Waals surface area contributed by atoms with Crippen molar-refractivity contribution in [3.05, 3.63) is 105 Å². The number of imide groups is 1. The lowest BCUT2D eigenvalue weighted by Crippen LogP contribution is -2.30. The molecule has 1 N–H and O–H groups in total. The van der Waals surface area contributed by atoms with Crippen LogP contribution >= 0.6 is 23.2 Å². The second-order valence-electron chi connectivity index (χ2n) is 7.08. The summed E-state index contributed by atoms with van der Waals surface area (Å²) >= 11 is 11.9. The third-order valence-electron chi connectivity index (χ3n) is 4.83. The SMILES string of the molecule is O=C1N/C(=C/c2ccc(OCc3ccc(Cl)c(Cl)c3)cc2)C(=O)N1Cc1ccccc1F. The Morgan fingerprint density at radius 3 is 2.44 bits per heavy atom. The van der Waals surface area contributed by atoms with Gasteiger partial charge in [0.15, 0.2) is 0 Å². The Kier molecular flexibility index (Phi) is 6.44. The van der Waals surface area contributed by atoms with Crippen molar-refractivity contribution in [3.63, 3.8) is 0 Å². The molecule has 162 valence electrons. The zero-order chi connectivity index (χ0) is 22.7. The predicted octanol–water partition coefficient (Wildman–Crippen LogP) is 5.80. The number of urea groups is 1. The van der Waals surface area contributed by atoms with Gasteiger partial charge in [0.2, 0.25) is 0 Å². The molecule has 0 radical (unpaired) electrons. The molecule has 1 aliphatic heterocycles. The van der Waals surface area contributed by atoms with E-state index in [9.17, 15) is 14.0 Å². The molecule has 0 atom stereocenters. The van der Waals surface area contributed by atoms with E-state index >= 15 is 0 Å². The van der Waals surface area contributed by atoms with E-state index in [2.05, 4.69) is 5.32 Å². The number of hydrogen-bond acceptors (Lipinski definition) is 3. The van der Waals surface area contributed by atoms with E-state index in [0.29, 0.717) is 28.0 Å². The summed E-state index contributed by atoms with van der Waals surface area (Å²) in [7, 11) is 0. The van der Waals surface area contributed by atoms with E-state index in [4.69, 9.17) is 27.9 Å². The second kappa shape index (κ2) is 9.42. The third-order valence-corrected chi connectivity index (χ3v) is 5.57. The number of amides is 3. The van der Waals surface area contributed by atoms with E-state index < -0.39 is 17.8 Å². The molecule has 0 aromatic heterocycles. The number of halogens is 3. The second-order valence-corrected chi connectivity index (χ2v) is 7.89. The number of benzene rings is 3. The molecule has 32 heavy (non-hydrogen) atoms. The molecular weight excluding hydrogens is 454 g/mol. The predicted molar refractivity (Wildman–Crippen MR) is 121 cm³/mol. The van der Waals surface area contributed by atoms with E-state index in [1.54, 1.807) is 54.6 Å². The highest BCUT2D eigenvalue weighted by Crippen LogP contribution is 2.24. The van der Waals surface area contributed by atoms with Gasteiger partial charge in [0.05, 0.1) is 16.6 Å². The maximum absolute atomic E-state index is 13.9. The Morgan fingerprint density at radius 1 is 0.969 bits per heavy atom. The standard InChI is InChI=1S/C24H17Cl2FN2O3/c25-19-10-7-16(11-20(19)26)14-32-18-8-5-15(6-9-18)12-22-23(30)29(24(31)28-22)13-17-3-1-2-4-21(17)27/h1-12H,13-14H2,(H,28,31)/b22-12+. The maximum Gasteiger partial charge on any atom is 0.329 e. The molecular formula is C24H17Cl2FN2O3. The van der Waals surface area contributed by atoms with Crippen molar-refractivity contribution in [3.8, 4) is 5.75 Å². The van der Waals surface area contributed by atoms with E-state index in [1.807, 2.05) is 6.07 Å². The van der Waals surface area contributed by atoms with Gasteiger partial charge in [0.25, 0.3) is 5.91 Å². The summed E-state index contributed by atoms with van der Waals surface area (Å²) in [5, 5.41) is 3.48. The number of hydrogen-bond donors (Lipinski definition) is 1. The molecule has 0 unspecified atom stereocenters. The van der Waals surface area contributed by atoms with Gasteiger partial charge in [-0.05, 0) is 47.5 Å². The summed E-state index contributed by atoms with van der Waals surface area (Å²) in [5.41, 5.74) is 1.96. The van der Waals surface area contributed by atoms with Gasteiger partial charge in [-0.2, -0.15) is 0 Å². The van der Waals surface area contributed by atoms with Gasteiger partial charge < -0.3 is 10.1 Å². The number of nitrogens with zero attached hydrogens (tertiary/aromatic N) is 1. The monoisotopic (exact) mass is 470 g/mol.